The molecule has 0 radical (unpaired) electrons. The second-order valence-corrected chi connectivity index (χ2v) is 5.14. The van der Waals surface area contributed by atoms with Gasteiger partial charge in [-0.3, -0.25) is 14.5 Å². The van der Waals surface area contributed by atoms with Gasteiger partial charge in [0.15, 0.2) is 0 Å². The minimum Gasteiger partial charge on any atom is -0.372 e. The Kier molecular flexibility index (Phi) is 3.55. The number of nitrogens with one attached hydrogen (secondary N) is 1. The molecule has 3 heterocycles. The standard InChI is InChI=1S/C14H18N6O/c1-15-13-8-16-7-11(18-13)12-4-3-5-20(12)14(21)10-6-17-19(2)9-10/h6-9,12H,3-5H2,1-2H3,(H,15,18). The van der Waals surface area contributed by atoms with E-state index in [0.717, 1.165) is 25.1 Å². The topological polar surface area (TPSA) is 75.9 Å². The van der Waals surface area contributed by atoms with Crippen molar-refractivity contribution in [2.24, 2.45) is 7.05 Å². The number of aryl methyl sites for hydroxylation is 1. The molecule has 1 fully saturated rings. The molecule has 1 atom stereocenters. The first-order valence-electron chi connectivity index (χ1n) is 6.98. The van der Waals surface area contributed by atoms with E-state index < -0.39 is 0 Å². The molecule has 0 bridgehead atoms. The average Bonchev–Trinajstić information content (AvgIpc) is 3.15. The van der Waals surface area contributed by atoms with Crippen molar-refractivity contribution in [1.82, 2.24) is 24.6 Å². The van der Waals surface area contributed by atoms with Crippen molar-refractivity contribution < 1.29 is 4.79 Å². The molecule has 0 spiro atoms. The lowest BCUT2D eigenvalue weighted by Crippen LogP contribution is -2.31. The van der Waals surface area contributed by atoms with E-state index >= 15 is 0 Å². The summed E-state index contributed by atoms with van der Waals surface area (Å²) < 4.78 is 1.64. The molecule has 2 aromatic heterocycles. The highest BCUT2D eigenvalue weighted by atomic mass is 16.2. The lowest BCUT2D eigenvalue weighted by atomic mass is 10.1. The molecular formula is C14H18N6O. The number of hydrogen-bond donors (Lipinski definition) is 1. The van der Waals surface area contributed by atoms with Crippen LogP contribution in [-0.2, 0) is 7.05 Å². The molecule has 7 nitrogen and oxygen atoms in total. The fourth-order valence-corrected chi connectivity index (χ4v) is 2.68. The van der Waals surface area contributed by atoms with Crippen LogP contribution < -0.4 is 5.32 Å². The summed E-state index contributed by atoms with van der Waals surface area (Å²) in [6, 6.07) is -0.0153. The van der Waals surface area contributed by atoms with Crippen LogP contribution >= 0.6 is 0 Å². The molecule has 110 valence electrons. The van der Waals surface area contributed by atoms with Gasteiger partial charge in [-0.1, -0.05) is 0 Å². The average molecular weight is 286 g/mol. The molecule has 0 aromatic carbocycles. The monoisotopic (exact) mass is 286 g/mol. The minimum atomic E-state index is -0.0153. The Labute approximate surface area is 123 Å². The van der Waals surface area contributed by atoms with Crippen molar-refractivity contribution >= 4 is 11.7 Å². The summed E-state index contributed by atoms with van der Waals surface area (Å²) in [7, 11) is 3.61. The molecule has 0 aliphatic carbocycles. The molecule has 1 aliphatic rings. The van der Waals surface area contributed by atoms with Gasteiger partial charge in [-0.25, -0.2) is 4.98 Å². The van der Waals surface area contributed by atoms with E-state index in [2.05, 4.69) is 20.4 Å². The van der Waals surface area contributed by atoms with Crippen LogP contribution in [0.25, 0.3) is 0 Å². The summed E-state index contributed by atoms with van der Waals surface area (Å²) in [5.74, 6) is 0.718. The molecule has 1 unspecified atom stereocenters. The quantitative estimate of drug-likeness (QED) is 0.918. The Balaban J connectivity index is 1.86. The van der Waals surface area contributed by atoms with Crippen molar-refractivity contribution in [3.05, 3.63) is 36.0 Å². The highest BCUT2D eigenvalue weighted by molar-refractivity contribution is 5.94. The Morgan fingerprint density at radius 3 is 2.95 bits per heavy atom. The maximum atomic E-state index is 12.6. The first kappa shape index (κ1) is 13.5. The first-order chi connectivity index (χ1) is 10.2. The SMILES string of the molecule is CNc1cncc(C2CCCN2C(=O)c2cnn(C)c2)n1. The molecule has 2 aromatic rings. The second-order valence-electron chi connectivity index (χ2n) is 5.14. The third-order valence-electron chi connectivity index (χ3n) is 3.72. The number of nitrogens with zero attached hydrogens (tertiary/aromatic N) is 5. The summed E-state index contributed by atoms with van der Waals surface area (Å²) in [6.45, 7) is 0.740. The molecule has 1 saturated heterocycles. The largest absolute Gasteiger partial charge is 0.372 e. The molecule has 3 rings (SSSR count). The van der Waals surface area contributed by atoms with Gasteiger partial charge in [-0.05, 0) is 12.8 Å². The number of anilines is 1. The molecule has 21 heavy (non-hydrogen) atoms. The van der Waals surface area contributed by atoms with E-state index in [1.807, 2.05) is 4.90 Å². The Morgan fingerprint density at radius 1 is 1.38 bits per heavy atom. The highest BCUT2D eigenvalue weighted by Crippen LogP contribution is 2.32. The van der Waals surface area contributed by atoms with Crippen molar-refractivity contribution in [3.8, 4) is 0 Å². The van der Waals surface area contributed by atoms with E-state index in [1.165, 1.54) is 0 Å². The van der Waals surface area contributed by atoms with Crippen molar-refractivity contribution in [2.75, 3.05) is 18.9 Å². The number of carbonyl (C=O) groups excluding carboxylic acids is 1. The maximum Gasteiger partial charge on any atom is 0.257 e. The summed E-state index contributed by atoms with van der Waals surface area (Å²) in [5.41, 5.74) is 1.44. The van der Waals surface area contributed by atoms with Gasteiger partial charge in [0, 0.05) is 26.8 Å². The van der Waals surface area contributed by atoms with Crippen LogP contribution in [0.5, 0.6) is 0 Å². The zero-order chi connectivity index (χ0) is 14.8. The fraction of sp³-hybridized carbons (Fsp3) is 0.429. The zero-order valence-corrected chi connectivity index (χ0v) is 12.2. The van der Waals surface area contributed by atoms with Crippen LogP contribution in [0.3, 0.4) is 0 Å². The van der Waals surface area contributed by atoms with E-state index in [9.17, 15) is 4.79 Å². The molecule has 1 aliphatic heterocycles. The number of rotatable bonds is 3. The Hall–Kier alpha value is -2.44. The first-order valence-corrected chi connectivity index (χ1v) is 6.98. The van der Waals surface area contributed by atoms with Gasteiger partial charge in [0.1, 0.15) is 5.82 Å². The van der Waals surface area contributed by atoms with Crippen molar-refractivity contribution in [2.45, 2.75) is 18.9 Å². The van der Waals surface area contributed by atoms with Crippen LogP contribution in [-0.4, -0.2) is 44.1 Å². The van der Waals surface area contributed by atoms with Gasteiger partial charge in [0.05, 0.1) is 35.9 Å². The number of aromatic nitrogens is 4. The molecule has 7 heteroatoms. The van der Waals surface area contributed by atoms with Gasteiger partial charge in [-0.2, -0.15) is 5.10 Å². The number of carbonyl (C=O) groups is 1. The van der Waals surface area contributed by atoms with Crippen molar-refractivity contribution in [3.63, 3.8) is 0 Å². The lowest BCUT2D eigenvalue weighted by Gasteiger charge is -2.23. The van der Waals surface area contributed by atoms with Crippen LogP contribution in [0, 0.1) is 0 Å². The normalized spacial score (nSPS) is 18.0. The predicted molar refractivity (Wildman–Crippen MR) is 77.8 cm³/mol. The summed E-state index contributed by atoms with van der Waals surface area (Å²) in [4.78, 5) is 23.2. The van der Waals surface area contributed by atoms with Crippen LogP contribution in [0.15, 0.2) is 24.8 Å². The highest BCUT2D eigenvalue weighted by Gasteiger charge is 2.32. The number of hydrogen-bond acceptors (Lipinski definition) is 5. The molecule has 1 amide bonds. The molecular weight excluding hydrogens is 268 g/mol. The van der Waals surface area contributed by atoms with Gasteiger partial charge < -0.3 is 10.2 Å². The van der Waals surface area contributed by atoms with Gasteiger partial charge in [-0.15, -0.1) is 0 Å². The summed E-state index contributed by atoms with van der Waals surface area (Å²) >= 11 is 0. The number of amides is 1. The smallest absolute Gasteiger partial charge is 0.257 e. The predicted octanol–water partition coefficient (Wildman–Crippen LogP) is 1.23. The van der Waals surface area contributed by atoms with E-state index in [-0.39, 0.29) is 11.9 Å². The fourth-order valence-electron chi connectivity index (χ4n) is 2.68. The van der Waals surface area contributed by atoms with E-state index in [1.54, 1.807) is 43.6 Å². The Bertz CT molecular complexity index is 652. The summed E-state index contributed by atoms with van der Waals surface area (Å²) in [5, 5.41) is 7.04. The lowest BCUT2D eigenvalue weighted by molar-refractivity contribution is 0.0732. The van der Waals surface area contributed by atoms with Crippen molar-refractivity contribution in [1.29, 1.82) is 0 Å². The minimum absolute atomic E-state index is 0.00209. The van der Waals surface area contributed by atoms with Crippen LogP contribution in [0.2, 0.25) is 0 Å². The van der Waals surface area contributed by atoms with Gasteiger partial charge in [0.2, 0.25) is 0 Å². The molecule has 1 N–H and O–H groups in total. The summed E-state index contributed by atoms with van der Waals surface area (Å²) in [6.07, 6.45) is 8.64. The second kappa shape index (κ2) is 5.51. The van der Waals surface area contributed by atoms with E-state index in [0.29, 0.717) is 11.4 Å². The third-order valence-corrected chi connectivity index (χ3v) is 3.72. The maximum absolute atomic E-state index is 12.6. The van der Waals surface area contributed by atoms with E-state index in [4.69, 9.17) is 0 Å². The van der Waals surface area contributed by atoms with Crippen LogP contribution in [0.1, 0.15) is 34.9 Å². The Morgan fingerprint density at radius 2 is 2.24 bits per heavy atom. The van der Waals surface area contributed by atoms with Gasteiger partial charge in [0.25, 0.3) is 5.91 Å². The van der Waals surface area contributed by atoms with Gasteiger partial charge >= 0.3 is 0 Å². The zero-order valence-electron chi connectivity index (χ0n) is 12.2. The number of likely N-dealkylation sites (tertiary alicyclic amines) is 1. The third kappa shape index (κ3) is 2.58. The molecule has 0 saturated carbocycles. The van der Waals surface area contributed by atoms with Crippen LogP contribution in [0.4, 0.5) is 5.82 Å².